The fourth-order valence-electron chi connectivity index (χ4n) is 1.32. The van der Waals surface area contributed by atoms with E-state index in [1.807, 2.05) is 13.8 Å². The molecule has 0 radical (unpaired) electrons. The molecule has 4 nitrogen and oxygen atoms in total. The molecule has 0 saturated carbocycles. The Labute approximate surface area is 73.5 Å². The van der Waals surface area contributed by atoms with Gasteiger partial charge in [-0.15, -0.1) is 0 Å². The van der Waals surface area contributed by atoms with E-state index < -0.39 is 17.6 Å². The number of rotatable bonds is 4. The second kappa shape index (κ2) is 3.91. The van der Waals surface area contributed by atoms with Gasteiger partial charge in [-0.05, 0) is 12.8 Å². The lowest BCUT2D eigenvalue weighted by Crippen LogP contribution is -2.51. The highest BCUT2D eigenvalue weighted by Crippen LogP contribution is 2.23. The first-order valence-corrected chi connectivity index (χ1v) is 3.89. The summed E-state index contributed by atoms with van der Waals surface area (Å²) in [6.07, 6.45) is 0. The molecule has 0 fully saturated rings. The van der Waals surface area contributed by atoms with Gasteiger partial charge < -0.3 is 15.5 Å². The van der Waals surface area contributed by atoms with Crippen molar-refractivity contribution in [1.82, 2.24) is 0 Å². The minimum absolute atomic E-state index is 0.0440. The molecular weight excluding hydrogens is 157 g/mol. The molecule has 0 spiro atoms. The average Bonchev–Trinajstić information content (AvgIpc) is 1.84. The van der Waals surface area contributed by atoms with Crippen molar-refractivity contribution < 1.29 is 14.6 Å². The second-order valence-corrected chi connectivity index (χ2v) is 3.45. The van der Waals surface area contributed by atoms with Crippen LogP contribution in [-0.4, -0.2) is 24.8 Å². The molecule has 5 heteroatoms. The van der Waals surface area contributed by atoms with Gasteiger partial charge in [0, 0.05) is 0 Å². The van der Waals surface area contributed by atoms with Gasteiger partial charge in [-0.1, -0.05) is 13.8 Å². The van der Waals surface area contributed by atoms with Crippen LogP contribution in [0.25, 0.3) is 0 Å². The summed E-state index contributed by atoms with van der Waals surface area (Å²) in [5.74, 6) is -1.64. The van der Waals surface area contributed by atoms with E-state index in [1.165, 1.54) is 8.05 Å². The Morgan fingerprint density at radius 2 is 2.08 bits per heavy atom. The Kier molecular flexibility index (Phi) is 3.74. The van der Waals surface area contributed by atoms with E-state index in [2.05, 4.69) is 0 Å². The molecule has 1 unspecified atom stereocenters. The smallest absolute Gasteiger partial charge is 0.311 e. The van der Waals surface area contributed by atoms with Crippen molar-refractivity contribution in [3.63, 3.8) is 0 Å². The van der Waals surface area contributed by atoms with Gasteiger partial charge in [0.1, 0.15) is 5.72 Å². The number of aliphatic carboxylic acids is 1. The van der Waals surface area contributed by atoms with Crippen LogP contribution in [0.2, 0.25) is 0 Å². The summed E-state index contributed by atoms with van der Waals surface area (Å²) in [6.45, 7) is 5.19. The molecule has 12 heavy (non-hydrogen) atoms. The molecule has 0 aromatic carbocycles. The molecule has 0 aliphatic carbocycles. The van der Waals surface area contributed by atoms with E-state index in [-0.39, 0.29) is 5.92 Å². The van der Waals surface area contributed by atoms with Crippen molar-refractivity contribution in [2.24, 2.45) is 17.6 Å². The lowest BCUT2D eigenvalue weighted by molar-refractivity contribution is -0.151. The number of carboxylic acids is 1. The normalized spacial score (nSPS) is 18.8. The minimum atomic E-state index is -1.10. The van der Waals surface area contributed by atoms with Crippen LogP contribution in [-0.2, 0) is 9.45 Å². The average molecular weight is 173 g/mol. The highest BCUT2D eigenvalue weighted by molar-refractivity contribution is 5.98. The standard InChI is InChI=1S/C7H16BNO3/c1-4(2)5(6(10)11)7(3,9)12-8/h4-5H,8-9H2,1-3H3,(H,10,11)/t5-,7?/m0/s1. The van der Waals surface area contributed by atoms with Gasteiger partial charge in [-0.2, -0.15) is 0 Å². The number of hydrogen-bond donors (Lipinski definition) is 2. The predicted octanol–water partition coefficient (Wildman–Crippen LogP) is -0.417. The largest absolute Gasteiger partial charge is 0.481 e. The molecular formula is C7H16BNO3. The first-order chi connectivity index (χ1) is 5.33. The Morgan fingerprint density at radius 3 is 2.17 bits per heavy atom. The summed E-state index contributed by atoms with van der Waals surface area (Å²) < 4.78 is 4.92. The molecule has 0 amide bonds. The molecule has 0 heterocycles. The summed E-state index contributed by atoms with van der Waals surface area (Å²) in [6, 6.07) is 0. The van der Waals surface area contributed by atoms with E-state index >= 15 is 0 Å². The van der Waals surface area contributed by atoms with Crippen LogP contribution in [0.15, 0.2) is 0 Å². The van der Waals surface area contributed by atoms with Crippen LogP contribution in [0, 0.1) is 11.8 Å². The first kappa shape index (κ1) is 11.5. The molecule has 70 valence electrons. The second-order valence-electron chi connectivity index (χ2n) is 3.45. The maximum Gasteiger partial charge on any atom is 0.311 e. The van der Waals surface area contributed by atoms with Crippen LogP contribution in [0.4, 0.5) is 0 Å². The van der Waals surface area contributed by atoms with Crippen LogP contribution in [0.5, 0.6) is 0 Å². The van der Waals surface area contributed by atoms with E-state index in [0.717, 1.165) is 0 Å². The highest BCUT2D eigenvalue weighted by Gasteiger charge is 2.37. The molecule has 2 atom stereocenters. The predicted molar refractivity (Wildman–Crippen MR) is 48.2 cm³/mol. The van der Waals surface area contributed by atoms with Gasteiger partial charge >= 0.3 is 5.97 Å². The summed E-state index contributed by atoms with van der Waals surface area (Å²) >= 11 is 0. The molecule has 0 bridgehead atoms. The van der Waals surface area contributed by atoms with Crippen LogP contribution < -0.4 is 5.73 Å². The Hall–Kier alpha value is -0.545. The number of carbonyl (C=O) groups is 1. The first-order valence-electron chi connectivity index (χ1n) is 3.89. The molecule has 3 N–H and O–H groups in total. The topological polar surface area (TPSA) is 72.5 Å². The van der Waals surface area contributed by atoms with Crippen molar-refractivity contribution in [3.8, 4) is 0 Å². The van der Waals surface area contributed by atoms with Gasteiger partial charge in [0.25, 0.3) is 8.05 Å². The Balaban J connectivity index is 4.62. The fourth-order valence-corrected chi connectivity index (χ4v) is 1.32. The van der Waals surface area contributed by atoms with Crippen LogP contribution >= 0.6 is 0 Å². The monoisotopic (exact) mass is 173 g/mol. The van der Waals surface area contributed by atoms with Crippen molar-refractivity contribution in [2.45, 2.75) is 26.5 Å². The molecule has 0 aliphatic heterocycles. The summed E-state index contributed by atoms with van der Waals surface area (Å²) in [7, 11) is 1.41. The lowest BCUT2D eigenvalue weighted by atomic mass is 9.86. The van der Waals surface area contributed by atoms with E-state index in [0.29, 0.717) is 0 Å². The third-order valence-electron chi connectivity index (χ3n) is 1.99. The highest BCUT2D eigenvalue weighted by atomic mass is 16.5. The Morgan fingerprint density at radius 1 is 1.67 bits per heavy atom. The van der Waals surface area contributed by atoms with Gasteiger partial charge in [-0.3, -0.25) is 4.79 Å². The molecule has 0 saturated heterocycles. The third kappa shape index (κ3) is 2.50. The van der Waals surface area contributed by atoms with Crippen molar-refractivity contribution in [1.29, 1.82) is 0 Å². The third-order valence-corrected chi connectivity index (χ3v) is 1.99. The van der Waals surface area contributed by atoms with Crippen molar-refractivity contribution >= 4 is 14.0 Å². The van der Waals surface area contributed by atoms with E-state index in [1.54, 1.807) is 6.92 Å². The van der Waals surface area contributed by atoms with Crippen LogP contribution in [0.3, 0.4) is 0 Å². The maximum atomic E-state index is 10.8. The van der Waals surface area contributed by atoms with E-state index in [9.17, 15) is 4.79 Å². The maximum absolute atomic E-state index is 10.8. The number of nitrogens with two attached hydrogens (primary N) is 1. The fraction of sp³-hybridized carbons (Fsp3) is 0.857. The van der Waals surface area contributed by atoms with E-state index in [4.69, 9.17) is 15.5 Å². The summed E-state index contributed by atoms with van der Waals surface area (Å²) in [5, 5.41) is 8.85. The zero-order chi connectivity index (χ0) is 9.94. The van der Waals surface area contributed by atoms with Crippen molar-refractivity contribution in [2.75, 3.05) is 0 Å². The van der Waals surface area contributed by atoms with Gasteiger partial charge in [0.15, 0.2) is 0 Å². The quantitative estimate of drug-likeness (QED) is 0.447. The number of hydrogen-bond acceptors (Lipinski definition) is 3. The Bertz CT molecular complexity index is 170. The van der Waals surface area contributed by atoms with Crippen molar-refractivity contribution in [3.05, 3.63) is 0 Å². The zero-order valence-corrected chi connectivity index (χ0v) is 8.00. The lowest BCUT2D eigenvalue weighted by Gasteiger charge is -2.32. The van der Waals surface area contributed by atoms with Gasteiger partial charge in [0.2, 0.25) is 0 Å². The van der Waals surface area contributed by atoms with Crippen LogP contribution in [0.1, 0.15) is 20.8 Å². The number of carboxylic acid groups (broad SMARTS) is 1. The van der Waals surface area contributed by atoms with Gasteiger partial charge in [-0.25, -0.2) is 0 Å². The minimum Gasteiger partial charge on any atom is -0.481 e. The molecule has 0 aliphatic rings. The zero-order valence-electron chi connectivity index (χ0n) is 8.00. The molecule has 0 rings (SSSR count). The summed E-state index contributed by atoms with van der Waals surface area (Å²) in [4.78, 5) is 10.8. The molecule has 0 aromatic heterocycles. The summed E-state index contributed by atoms with van der Waals surface area (Å²) in [5.41, 5.74) is 4.56. The van der Waals surface area contributed by atoms with Gasteiger partial charge in [0.05, 0.1) is 5.92 Å². The SMILES string of the molecule is BOC(C)(N)[C@H](C(=O)O)C(C)C. The molecule has 0 aromatic rings.